The van der Waals surface area contributed by atoms with Crippen LogP contribution >= 0.6 is 0 Å². The van der Waals surface area contributed by atoms with Gasteiger partial charge in [0.15, 0.2) is 5.82 Å². The molecule has 1 heterocycles. The molecule has 0 unspecified atom stereocenters. The molecule has 0 N–H and O–H groups in total. The van der Waals surface area contributed by atoms with Gasteiger partial charge in [-0.3, -0.25) is 4.90 Å². The van der Waals surface area contributed by atoms with Crippen LogP contribution in [0.15, 0.2) is 200 Å². The Bertz CT molecular complexity index is 2880. The largest absolute Gasteiger partial charge is 0.307 e. The van der Waals surface area contributed by atoms with Crippen LogP contribution in [0.4, 0.5) is 38.8 Å². The van der Waals surface area contributed by atoms with E-state index < -0.39 is 0 Å². The molecule has 0 bridgehead atoms. The molecule has 0 saturated heterocycles. The summed E-state index contributed by atoms with van der Waals surface area (Å²) < 4.78 is 17.5. The number of benzene rings is 9. The number of halogens is 1. The Labute approximate surface area is 318 Å². The zero-order chi connectivity index (χ0) is 36.7. The quantitative estimate of drug-likeness (QED) is 0.147. The van der Waals surface area contributed by atoms with Gasteiger partial charge in [0.05, 0.1) is 17.1 Å². The summed E-state index contributed by atoms with van der Waals surface area (Å²) in [7, 11) is 0. The number of anilines is 6. The van der Waals surface area contributed by atoms with Crippen LogP contribution < -0.4 is 9.80 Å². The second-order valence-corrected chi connectivity index (χ2v) is 13.6. The maximum atomic E-state index is 17.5. The summed E-state index contributed by atoms with van der Waals surface area (Å²) in [4.78, 5) is 13.6. The van der Waals surface area contributed by atoms with E-state index in [1.54, 1.807) is 12.4 Å². The maximum Gasteiger partial charge on any atom is 0.234 e. The summed E-state index contributed by atoms with van der Waals surface area (Å²) in [5, 5.41) is 6.55. The molecule has 0 aliphatic heterocycles. The van der Waals surface area contributed by atoms with E-state index in [1.807, 2.05) is 115 Å². The molecule has 0 radical (unpaired) electrons. The van der Waals surface area contributed by atoms with E-state index in [0.29, 0.717) is 17.2 Å². The summed E-state index contributed by atoms with van der Waals surface area (Å²) in [5.41, 5.74) is 7.46. The lowest BCUT2D eigenvalue weighted by Gasteiger charge is -2.29. The van der Waals surface area contributed by atoms with E-state index in [9.17, 15) is 0 Å². The number of nitrogens with zero attached hydrogens (tertiary/aromatic N) is 4. The van der Waals surface area contributed by atoms with Gasteiger partial charge in [-0.05, 0) is 92.8 Å². The summed E-state index contributed by atoms with van der Waals surface area (Å²) >= 11 is 0. The van der Waals surface area contributed by atoms with Crippen molar-refractivity contribution < 1.29 is 4.39 Å². The molecule has 0 saturated carbocycles. The molecule has 0 spiro atoms. The van der Waals surface area contributed by atoms with Crippen molar-refractivity contribution in [3.05, 3.63) is 206 Å². The Morgan fingerprint density at radius 2 is 0.855 bits per heavy atom. The Kier molecular flexibility index (Phi) is 7.96. The zero-order valence-corrected chi connectivity index (χ0v) is 29.7. The van der Waals surface area contributed by atoms with Crippen molar-refractivity contribution in [2.24, 2.45) is 0 Å². The van der Waals surface area contributed by atoms with Crippen LogP contribution in [0.25, 0.3) is 54.6 Å². The minimum Gasteiger partial charge on any atom is -0.307 e. The molecule has 260 valence electrons. The van der Waals surface area contributed by atoms with Gasteiger partial charge in [-0.2, -0.15) is 0 Å². The van der Waals surface area contributed by atoms with E-state index in [1.165, 1.54) is 0 Å². The van der Waals surface area contributed by atoms with Gasteiger partial charge in [-0.25, -0.2) is 14.4 Å². The molecular formula is C50H33FN4. The smallest absolute Gasteiger partial charge is 0.234 e. The summed E-state index contributed by atoms with van der Waals surface area (Å²) in [6.45, 7) is 0. The number of rotatable bonds is 8. The lowest BCUT2D eigenvalue weighted by Crippen LogP contribution is -2.14. The fourth-order valence-corrected chi connectivity index (χ4v) is 7.89. The average molecular weight is 709 g/mol. The Hall–Kier alpha value is -7.37. The van der Waals surface area contributed by atoms with Gasteiger partial charge in [0.2, 0.25) is 5.95 Å². The number of para-hydroxylation sites is 2. The highest BCUT2D eigenvalue weighted by Gasteiger charge is 2.25. The van der Waals surface area contributed by atoms with Crippen LogP contribution in [0.3, 0.4) is 0 Å². The standard InChI is InChI=1S/C50H33FN4/c51-49-43(35-16-7-2-8-17-35)32-38(34-14-5-1-6-15-34)33-46(49)54(39-18-9-3-10-19-39)44-28-24-36-23-27-42-45(29-25-37-22-26-41(44)47(36)48(37)42)55(40-20-11-4-12-21-40)50-52-30-13-31-53-50/h1-33H. The molecule has 0 fully saturated rings. The number of hydrogen-bond donors (Lipinski definition) is 0. The van der Waals surface area contributed by atoms with Gasteiger partial charge in [0, 0.05) is 40.1 Å². The first kappa shape index (κ1) is 32.3. The molecule has 0 amide bonds. The molecule has 55 heavy (non-hydrogen) atoms. The minimum atomic E-state index is -0.288. The Morgan fingerprint density at radius 1 is 0.382 bits per heavy atom. The van der Waals surface area contributed by atoms with Crippen molar-refractivity contribution in [1.29, 1.82) is 0 Å². The van der Waals surface area contributed by atoms with Crippen LogP contribution in [0.5, 0.6) is 0 Å². The highest BCUT2D eigenvalue weighted by molar-refractivity contribution is 6.28. The van der Waals surface area contributed by atoms with Crippen molar-refractivity contribution in [2.75, 3.05) is 9.80 Å². The first-order valence-corrected chi connectivity index (χ1v) is 18.4. The third-order valence-corrected chi connectivity index (χ3v) is 10.4. The van der Waals surface area contributed by atoms with Crippen LogP contribution in [0, 0.1) is 5.82 Å². The molecule has 10 aromatic rings. The van der Waals surface area contributed by atoms with Crippen LogP contribution in [-0.4, -0.2) is 9.97 Å². The lowest BCUT2D eigenvalue weighted by molar-refractivity contribution is 0.632. The first-order valence-electron chi connectivity index (χ1n) is 18.4. The molecule has 0 atom stereocenters. The van der Waals surface area contributed by atoms with Crippen molar-refractivity contribution in [1.82, 2.24) is 9.97 Å². The van der Waals surface area contributed by atoms with Crippen LogP contribution in [-0.2, 0) is 0 Å². The molecular weight excluding hydrogens is 676 g/mol. The molecule has 10 rings (SSSR count). The molecule has 9 aromatic carbocycles. The molecule has 4 nitrogen and oxygen atoms in total. The van der Waals surface area contributed by atoms with E-state index in [2.05, 4.69) is 92.6 Å². The van der Waals surface area contributed by atoms with Crippen LogP contribution in [0.1, 0.15) is 0 Å². The number of aromatic nitrogens is 2. The van der Waals surface area contributed by atoms with Crippen molar-refractivity contribution in [2.45, 2.75) is 0 Å². The van der Waals surface area contributed by atoms with E-state index in [0.717, 1.165) is 71.8 Å². The molecule has 0 aliphatic rings. The lowest BCUT2D eigenvalue weighted by atomic mass is 9.91. The monoisotopic (exact) mass is 708 g/mol. The van der Waals surface area contributed by atoms with Crippen LogP contribution in [0.2, 0.25) is 0 Å². The predicted molar refractivity (Wildman–Crippen MR) is 226 cm³/mol. The molecule has 1 aromatic heterocycles. The van der Waals surface area contributed by atoms with Gasteiger partial charge in [0.1, 0.15) is 0 Å². The predicted octanol–water partition coefficient (Wildman–Crippen LogP) is 13.8. The Morgan fingerprint density at radius 3 is 1.42 bits per heavy atom. The second-order valence-electron chi connectivity index (χ2n) is 13.6. The van der Waals surface area contributed by atoms with Crippen molar-refractivity contribution in [3.63, 3.8) is 0 Å². The normalized spacial score (nSPS) is 11.4. The highest BCUT2D eigenvalue weighted by atomic mass is 19.1. The first-order chi connectivity index (χ1) is 27.2. The zero-order valence-electron chi connectivity index (χ0n) is 29.7. The topological polar surface area (TPSA) is 32.3 Å². The third kappa shape index (κ3) is 5.61. The fourth-order valence-electron chi connectivity index (χ4n) is 7.89. The van der Waals surface area contributed by atoms with Crippen molar-refractivity contribution in [3.8, 4) is 22.3 Å². The summed E-state index contributed by atoms with van der Waals surface area (Å²) in [6.07, 6.45) is 3.54. The van der Waals surface area contributed by atoms with E-state index in [4.69, 9.17) is 0 Å². The highest BCUT2D eigenvalue weighted by Crippen LogP contribution is 2.48. The van der Waals surface area contributed by atoms with E-state index >= 15 is 4.39 Å². The van der Waals surface area contributed by atoms with Gasteiger partial charge >= 0.3 is 0 Å². The maximum absolute atomic E-state index is 17.5. The third-order valence-electron chi connectivity index (χ3n) is 10.4. The SMILES string of the molecule is Fc1c(-c2ccccc2)cc(-c2ccccc2)cc1N(c1ccccc1)c1ccc2ccc3c(N(c4ccccc4)c4ncccn4)ccc4ccc1c2c43. The molecule has 5 heteroatoms. The number of hydrogen-bond acceptors (Lipinski definition) is 4. The van der Waals surface area contributed by atoms with E-state index in [-0.39, 0.29) is 5.82 Å². The second kappa shape index (κ2) is 13.6. The Balaban J connectivity index is 1.25. The van der Waals surface area contributed by atoms with Gasteiger partial charge < -0.3 is 4.90 Å². The average Bonchev–Trinajstić information content (AvgIpc) is 3.26. The summed E-state index contributed by atoms with van der Waals surface area (Å²) in [5.74, 6) is 0.298. The van der Waals surface area contributed by atoms with Crippen molar-refractivity contribution >= 4 is 66.7 Å². The fraction of sp³-hybridized carbons (Fsp3) is 0. The summed E-state index contributed by atoms with van der Waals surface area (Å²) in [6, 6.07) is 63.5. The minimum absolute atomic E-state index is 0.288. The van der Waals surface area contributed by atoms with Gasteiger partial charge in [0.25, 0.3) is 0 Å². The van der Waals surface area contributed by atoms with Gasteiger partial charge in [-0.15, -0.1) is 0 Å². The van der Waals surface area contributed by atoms with Gasteiger partial charge in [-0.1, -0.05) is 133 Å². The molecule has 0 aliphatic carbocycles.